The van der Waals surface area contributed by atoms with E-state index in [-0.39, 0.29) is 5.97 Å². The Morgan fingerprint density at radius 3 is 1.39 bits per heavy atom. The monoisotopic (exact) mass is 370 g/mol. The largest absolute Gasteiger partial charge is 0.544 e. The molecule has 1 aromatic carbocycles. The highest BCUT2D eigenvalue weighted by Crippen LogP contribution is 2.28. The van der Waals surface area contributed by atoms with Crippen molar-refractivity contribution in [3.05, 3.63) is 23.8 Å². The van der Waals surface area contributed by atoms with Crippen LogP contribution in [0.4, 0.5) is 0 Å². The molecule has 0 amide bonds. The summed E-state index contributed by atoms with van der Waals surface area (Å²) in [6.45, 7) is 18.6. The molecule has 23 heavy (non-hydrogen) atoms. The third kappa shape index (κ3) is 8.38. The van der Waals surface area contributed by atoms with Gasteiger partial charge in [0.15, 0.2) is 0 Å². The predicted octanol–water partition coefficient (Wildman–Crippen LogP) is 5.11. The molecule has 0 fully saturated rings. The van der Waals surface area contributed by atoms with Crippen molar-refractivity contribution in [3.63, 3.8) is 0 Å². The summed E-state index contributed by atoms with van der Waals surface area (Å²) in [5.41, 5.74) is 0.497. The van der Waals surface area contributed by atoms with E-state index < -0.39 is 25.0 Å². The lowest BCUT2D eigenvalue weighted by atomic mass is 10.2. The lowest BCUT2D eigenvalue weighted by Gasteiger charge is -2.24. The molecule has 0 aliphatic heterocycles. The molecule has 0 spiro atoms. The highest BCUT2D eigenvalue weighted by atomic mass is 28.4. The minimum atomic E-state index is -1.95. The first-order valence-electron chi connectivity index (χ1n) is 7.91. The van der Waals surface area contributed by atoms with Crippen molar-refractivity contribution in [2.24, 2.45) is 0 Å². The maximum absolute atomic E-state index is 12.4. The average molecular weight is 371 g/mol. The highest BCUT2D eigenvalue weighted by molar-refractivity contribution is 6.71. The van der Waals surface area contributed by atoms with Crippen molar-refractivity contribution in [2.45, 2.75) is 58.9 Å². The number of benzene rings is 1. The molecule has 0 aliphatic carbocycles. The van der Waals surface area contributed by atoms with Crippen molar-refractivity contribution in [1.82, 2.24) is 0 Å². The van der Waals surface area contributed by atoms with E-state index in [9.17, 15) is 4.79 Å². The Bertz CT molecular complexity index is 532. The van der Waals surface area contributed by atoms with Crippen LogP contribution in [0.2, 0.25) is 58.9 Å². The van der Waals surface area contributed by atoms with E-state index in [1.165, 1.54) is 0 Å². The summed E-state index contributed by atoms with van der Waals surface area (Å²) in [7, 11) is -5.49. The van der Waals surface area contributed by atoms with Crippen LogP contribution >= 0.6 is 0 Å². The molecule has 1 rings (SSSR count). The maximum atomic E-state index is 12.4. The van der Waals surface area contributed by atoms with Gasteiger partial charge in [-0.25, -0.2) is 4.79 Å². The number of rotatable bonds is 6. The van der Waals surface area contributed by atoms with Gasteiger partial charge >= 0.3 is 5.97 Å². The Kier molecular flexibility index (Phi) is 5.93. The zero-order valence-electron chi connectivity index (χ0n) is 15.9. The Morgan fingerprint density at radius 1 is 0.696 bits per heavy atom. The van der Waals surface area contributed by atoms with Crippen molar-refractivity contribution in [2.75, 3.05) is 0 Å². The van der Waals surface area contributed by atoms with E-state index in [2.05, 4.69) is 39.3 Å². The number of carbonyl (C=O) groups excluding carboxylic acids is 1. The first-order chi connectivity index (χ1) is 10.1. The quantitative estimate of drug-likeness (QED) is 0.653. The van der Waals surface area contributed by atoms with Gasteiger partial charge in [-0.2, -0.15) is 0 Å². The number of hydrogen-bond donors (Lipinski definition) is 0. The van der Waals surface area contributed by atoms with Gasteiger partial charge in [-0.1, -0.05) is 0 Å². The molecule has 0 heterocycles. The van der Waals surface area contributed by atoms with E-state index in [1.54, 1.807) is 12.1 Å². The molecule has 0 atom stereocenters. The Hall–Kier alpha value is -1.06. The zero-order valence-corrected chi connectivity index (χ0v) is 18.9. The van der Waals surface area contributed by atoms with Crippen molar-refractivity contribution in [1.29, 1.82) is 0 Å². The molecule has 4 nitrogen and oxygen atoms in total. The maximum Gasteiger partial charge on any atom is 0.325 e. The van der Waals surface area contributed by atoms with Gasteiger partial charge in [0.05, 0.1) is 5.56 Å². The molecule has 0 aliphatic rings. The molecule has 0 saturated heterocycles. The van der Waals surface area contributed by atoms with Gasteiger partial charge in [0.1, 0.15) is 11.5 Å². The van der Waals surface area contributed by atoms with Crippen molar-refractivity contribution < 1.29 is 18.1 Å². The Morgan fingerprint density at radius 2 is 1.09 bits per heavy atom. The van der Waals surface area contributed by atoms with Crippen LogP contribution in [0.1, 0.15) is 10.4 Å². The van der Waals surface area contributed by atoms with E-state index in [1.807, 2.05) is 25.7 Å². The normalized spacial score (nSPS) is 12.7. The third-order valence-corrected chi connectivity index (χ3v) is 4.86. The van der Waals surface area contributed by atoms with Crippen LogP contribution in [0.15, 0.2) is 18.2 Å². The van der Waals surface area contributed by atoms with Crippen LogP contribution in [0, 0.1) is 0 Å². The van der Waals surface area contributed by atoms with Crippen LogP contribution in [0.25, 0.3) is 0 Å². The lowest BCUT2D eigenvalue weighted by molar-refractivity contribution is 0.0724. The smallest absolute Gasteiger partial charge is 0.325 e. The Labute approximate surface area is 143 Å². The van der Waals surface area contributed by atoms with Crippen LogP contribution in [-0.4, -0.2) is 30.9 Å². The fourth-order valence-electron chi connectivity index (χ4n) is 1.85. The minimum absolute atomic E-state index is 0.300. The topological polar surface area (TPSA) is 44.8 Å². The van der Waals surface area contributed by atoms with E-state index in [0.717, 1.165) is 0 Å². The van der Waals surface area contributed by atoms with E-state index in [0.29, 0.717) is 17.1 Å². The van der Waals surface area contributed by atoms with Crippen LogP contribution in [0.5, 0.6) is 11.5 Å². The van der Waals surface area contributed by atoms with Gasteiger partial charge in [-0.3, -0.25) is 0 Å². The first kappa shape index (κ1) is 20.0. The average Bonchev–Trinajstić information content (AvgIpc) is 2.20. The summed E-state index contributed by atoms with van der Waals surface area (Å²) in [5, 5.41) is 0. The summed E-state index contributed by atoms with van der Waals surface area (Å²) in [4.78, 5) is 12.4. The SMILES string of the molecule is C[Si](C)(C)OC(=O)c1cc(O[Si](C)(C)C)cc(O[Si](C)(C)C)c1. The molecule has 0 bridgehead atoms. The van der Waals surface area contributed by atoms with E-state index >= 15 is 0 Å². The molecular weight excluding hydrogens is 340 g/mol. The van der Waals surface area contributed by atoms with Crippen molar-refractivity contribution >= 4 is 30.9 Å². The second-order valence-corrected chi connectivity index (χ2v) is 21.9. The second-order valence-electron chi connectivity index (χ2n) is 8.62. The first-order valence-corrected chi connectivity index (χ1v) is 18.1. The fraction of sp³-hybridized carbons (Fsp3) is 0.562. The Balaban J connectivity index is 3.20. The molecule has 0 saturated carbocycles. The molecule has 7 heteroatoms. The molecule has 1 aromatic rings. The number of hydrogen-bond acceptors (Lipinski definition) is 4. The zero-order chi connectivity index (χ0) is 18.1. The minimum Gasteiger partial charge on any atom is -0.544 e. The predicted molar refractivity (Wildman–Crippen MR) is 103 cm³/mol. The summed E-state index contributed by atoms with van der Waals surface area (Å²) in [6.07, 6.45) is 0. The third-order valence-electron chi connectivity index (χ3n) is 2.36. The molecule has 130 valence electrons. The summed E-state index contributed by atoms with van der Waals surface area (Å²) in [5.74, 6) is 1.07. The standard InChI is InChI=1S/C16H30O4Si3/c1-21(2,3)18-14-10-13(16(17)20-23(7,8)9)11-15(12-14)19-22(4,5)6/h10-12H,1-9H3. The molecule has 0 aromatic heterocycles. The van der Waals surface area contributed by atoms with Gasteiger partial charge in [0, 0.05) is 6.07 Å². The molecular formula is C16H30O4Si3. The summed E-state index contributed by atoms with van der Waals surface area (Å²) in [6, 6.07) is 5.40. The van der Waals surface area contributed by atoms with Gasteiger partial charge in [0.2, 0.25) is 25.0 Å². The molecule has 0 N–H and O–H groups in total. The lowest BCUT2D eigenvalue weighted by Crippen LogP contribution is -2.31. The summed E-state index contributed by atoms with van der Waals surface area (Å²) < 4.78 is 17.7. The van der Waals surface area contributed by atoms with Crippen LogP contribution in [-0.2, 0) is 4.43 Å². The van der Waals surface area contributed by atoms with Crippen molar-refractivity contribution in [3.8, 4) is 11.5 Å². The van der Waals surface area contributed by atoms with Gasteiger partial charge in [-0.05, 0) is 71.1 Å². The van der Waals surface area contributed by atoms with Gasteiger partial charge in [0.25, 0.3) is 0 Å². The van der Waals surface area contributed by atoms with E-state index in [4.69, 9.17) is 13.3 Å². The molecule has 0 unspecified atom stereocenters. The second kappa shape index (κ2) is 6.82. The molecule has 0 radical (unpaired) electrons. The fourth-order valence-corrected chi connectivity index (χ4v) is 4.18. The number of carbonyl (C=O) groups is 1. The van der Waals surface area contributed by atoms with Crippen LogP contribution < -0.4 is 8.85 Å². The van der Waals surface area contributed by atoms with Crippen LogP contribution in [0.3, 0.4) is 0 Å². The van der Waals surface area contributed by atoms with Gasteiger partial charge in [-0.15, -0.1) is 0 Å². The highest BCUT2D eigenvalue weighted by Gasteiger charge is 2.24. The summed E-state index contributed by atoms with van der Waals surface area (Å²) >= 11 is 0. The van der Waals surface area contributed by atoms with Gasteiger partial charge < -0.3 is 13.3 Å².